The maximum absolute atomic E-state index is 11.7. The normalized spacial score (nSPS) is 35.0. The Morgan fingerprint density at radius 3 is 2.85 bits per heavy atom. The van der Waals surface area contributed by atoms with Gasteiger partial charge in [-0.3, -0.25) is 9.36 Å². The number of hydrogen-bond donors (Lipinski definition) is 5. The van der Waals surface area contributed by atoms with E-state index in [2.05, 4.69) is 20.3 Å². The highest BCUT2D eigenvalue weighted by Crippen LogP contribution is 2.34. The highest BCUT2D eigenvalue weighted by molar-refractivity contribution is 5.82. The lowest BCUT2D eigenvalue weighted by molar-refractivity contribution is -0.125. The number of nitrogen functional groups attached to an aromatic ring is 1. The van der Waals surface area contributed by atoms with Gasteiger partial charge in [0.05, 0.1) is 18.5 Å². The molecule has 26 heavy (non-hydrogen) atoms. The summed E-state index contributed by atoms with van der Waals surface area (Å²) >= 11 is 0. The molecule has 4 rings (SSSR count). The molecule has 140 valence electrons. The Balaban J connectivity index is 1.52. The zero-order chi connectivity index (χ0) is 18.4. The second kappa shape index (κ2) is 6.43. The molecule has 0 spiro atoms. The smallest absolute Gasteiger partial charge is 0.237 e. The van der Waals surface area contributed by atoms with Crippen LogP contribution in [-0.2, 0) is 9.53 Å². The van der Waals surface area contributed by atoms with Crippen molar-refractivity contribution in [3.05, 3.63) is 12.7 Å². The van der Waals surface area contributed by atoms with Crippen LogP contribution in [0.5, 0.6) is 0 Å². The SMILES string of the molecule is Nc1ncnc2c1ncn2[C@@H]1O[C@H](CC2CC[C@H](N)C(=O)N2)[C@@H](O)[C@H]1O. The van der Waals surface area contributed by atoms with Gasteiger partial charge in [0, 0.05) is 6.04 Å². The number of nitrogens with two attached hydrogens (primary N) is 2. The first-order chi connectivity index (χ1) is 12.5. The first kappa shape index (κ1) is 17.1. The van der Waals surface area contributed by atoms with Crippen molar-refractivity contribution in [1.82, 2.24) is 24.8 Å². The van der Waals surface area contributed by atoms with E-state index in [9.17, 15) is 15.0 Å². The minimum absolute atomic E-state index is 0.162. The van der Waals surface area contributed by atoms with Crippen molar-refractivity contribution < 1.29 is 19.7 Å². The van der Waals surface area contributed by atoms with Gasteiger partial charge in [-0.1, -0.05) is 0 Å². The number of nitrogens with zero attached hydrogens (tertiary/aromatic N) is 4. The van der Waals surface area contributed by atoms with Crippen LogP contribution in [0.15, 0.2) is 12.7 Å². The van der Waals surface area contributed by atoms with Crippen molar-refractivity contribution in [3.63, 3.8) is 0 Å². The lowest BCUT2D eigenvalue weighted by Gasteiger charge is -2.29. The molecule has 7 N–H and O–H groups in total. The summed E-state index contributed by atoms with van der Waals surface area (Å²) in [5, 5.41) is 23.7. The first-order valence-electron chi connectivity index (χ1n) is 8.46. The van der Waals surface area contributed by atoms with Crippen LogP contribution in [0.3, 0.4) is 0 Å². The fourth-order valence-electron chi connectivity index (χ4n) is 3.56. The molecule has 2 aliphatic heterocycles. The third-order valence-corrected chi connectivity index (χ3v) is 5.02. The molecule has 1 amide bonds. The Bertz CT molecular complexity index is 827. The first-order valence-corrected chi connectivity index (χ1v) is 8.46. The van der Waals surface area contributed by atoms with E-state index in [4.69, 9.17) is 16.2 Å². The van der Waals surface area contributed by atoms with E-state index in [-0.39, 0.29) is 17.8 Å². The number of piperidine rings is 1. The minimum atomic E-state index is -1.17. The molecule has 1 unspecified atom stereocenters. The number of carbonyl (C=O) groups is 1. The molecular formula is C15H21N7O4. The van der Waals surface area contributed by atoms with Gasteiger partial charge in [0.1, 0.15) is 24.1 Å². The summed E-state index contributed by atoms with van der Waals surface area (Å²) in [5.74, 6) is 0.0122. The van der Waals surface area contributed by atoms with E-state index in [0.717, 1.165) is 0 Å². The summed E-state index contributed by atoms with van der Waals surface area (Å²) in [6, 6.07) is -0.660. The number of aliphatic hydroxyl groups excluding tert-OH is 2. The van der Waals surface area contributed by atoms with Crippen LogP contribution in [0, 0.1) is 0 Å². The quantitative estimate of drug-likeness (QED) is 0.414. The van der Waals surface area contributed by atoms with Crippen molar-refractivity contribution in [3.8, 4) is 0 Å². The fourth-order valence-corrected chi connectivity index (χ4v) is 3.56. The topological polar surface area (TPSA) is 174 Å². The van der Waals surface area contributed by atoms with E-state index in [1.54, 1.807) is 0 Å². The van der Waals surface area contributed by atoms with Crippen molar-refractivity contribution >= 4 is 22.9 Å². The van der Waals surface area contributed by atoms with Crippen LogP contribution in [0.4, 0.5) is 5.82 Å². The lowest BCUT2D eigenvalue weighted by atomic mass is 9.94. The standard InChI is InChI=1S/C15H21N7O4/c16-7-2-1-6(21-14(7)25)3-8-10(23)11(24)15(26-8)22-5-20-9-12(17)18-4-19-13(9)22/h4-8,10-11,15,23-24H,1-3,16H2,(H,21,25)(H2,17,18,19)/t6?,7-,8+,10+,11+,15+/m0/s1. The molecule has 2 saturated heterocycles. The zero-order valence-electron chi connectivity index (χ0n) is 13.9. The molecule has 6 atom stereocenters. The average Bonchev–Trinajstić information content (AvgIpc) is 3.16. The van der Waals surface area contributed by atoms with Crippen LogP contribution >= 0.6 is 0 Å². The average molecular weight is 363 g/mol. The van der Waals surface area contributed by atoms with Crippen molar-refractivity contribution in [2.24, 2.45) is 5.73 Å². The van der Waals surface area contributed by atoms with E-state index in [0.29, 0.717) is 30.4 Å². The summed E-state index contributed by atoms with van der Waals surface area (Å²) in [7, 11) is 0. The van der Waals surface area contributed by atoms with Crippen LogP contribution in [0.1, 0.15) is 25.5 Å². The summed E-state index contributed by atoms with van der Waals surface area (Å²) in [6.45, 7) is 0. The Labute approximate surface area is 148 Å². The van der Waals surface area contributed by atoms with Crippen LogP contribution in [0.25, 0.3) is 11.2 Å². The van der Waals surface area contributed by atoms with Gasteiger partial charge < -0.3 is 31.7 Å². The molecule has 11 nitrogen and oxygen atoms in total. The zero-order valence-corrected chi connectivity index (χ0v) is 13.9. The summed E-state index contributed by atoms with van der Waals surface area (Å²) in [6.07, 6.45) is 0.593. The van der Waals surface area contributed by atoms with E-state index < -0.39 is 30.6 Å². The third kappa shape index (κ3) is 2.78. The molecule has 2 aromatic heterocycles. The number of amides is 1. The monoisotopic (exact) mass is 363 g/mol. The third-order valence-electron chi connectivity index (χ3n) is 5.02. The van der Waals surface area contributed by atoms with Gasteiger partial charge in [-0.25, -0.2) is 15.0 Å². The van der Waals surface area contributed by atoms with Crippen LogP contribution in [-0.4, -0.2) is 66.0 Å². The molecular weight excluding hydrogens is 342 g/mol. The summed E-state index contributed by atoms with van der Waals surface area (Å²) in [4.78, 5) is 23.9. The molecule has 0 aliphatic carbocycles. The number of anilines is 1. The number of fused-ring (bicyclic) bond motifs is 1. The second-order valence-corrected chi connectivity index (χ2v) is 6.75. The number of aliphatic hydroxyl groups is 2. The van der Waals surface area contributed by atoms with Gasteiger partial charge in [0.25, 0.3) is 0 Å². The Morgan fingerprint density at radius 1 is 1.27 bits per heavy atom. The lowest BCUT2D eigenvalue weighted by Crippen LogP contribution is -2.52. The largest absolute Gasteiger partial charge is 0.388 e. The van der Waals surface area contributed by atoms with Crippen LogP contribution < -0.4 is 16.8 Å². The number of nitrogens with one attached hydrogen (secondary N) is 1. The number of hydrogen-bond acceptors (Lipinski definition) is 9. The predicted octanol–water partition coefficient (Wildman–Crippen LogP) is -1.98. The number of ether oxygens (including phenoxy) is 1. The van der Waals surface area contributed by atoms with Gasteiger partial charge in [-0.2, -0.15) is 0 Å². The molecule has 4 heterocycles. The summed E-state index contributed by atoms with van der Waals surface area (Å²) in [5.41, 5.74) is 12.3. The molecule has 0 saturated carbocycles. The Hall–Kier alpha value is -2.34. The van der Waals surface area contributed by atoms with E-state index in [1.165, 1.54) is 17.2 Å². The highest BCUT2D eigenvalue weighted by atomic mass is 16.6. The molecule has 0 radical (unpaired) electrons. The predicted molar refractivity (Wildman–Crippen MR) is 89.4 cm³/mol. The summed E-state index contributed by atoms with van der Waals surface area (Å²) < 4.78 is 7.41. The van der Waals surface area contributed by atoms with E-state index in [1.807, 2.05) is 0 Å². The van der Waals surface area contributed by atoms with E-state index >= 15 is 0 Å². The number of carbonyl (C=O) groups excluding carboxylic acids is 1. The van der Waals surface area contributed by atoms with Crippen molar-refractivity contribution in [1.29, 1.82) is 0 Å². The van der Waals surface area contributed by atoms with Crippen LogP contribution in [0.2, 0.25) is 0 Å². The Kier molecular flexibility index (Phi) is 4.23. The molecule has 11 heteroatoms. The maximum Gasteiger partial charge on any atom is 0.237 e. The molecule has 2 aliphatic rings. The fraction of sp³-hybridized carbons (Fsp3) is 0.600. The van der Waals surface area contributed by atoms with Gasteiger partial charge in [0.15, 0.2) is 17.7 Å². The van der Waals surface area contributed by atoms with Gasteiger partial charge in [-0.05, 0) is 19.3 Å². The molecule has 2 fully saturated rings. The minimum Gasteiger partial charge on any atom is -0.388 e. The molecule has 0 aromatic carbocycles. The number of aromatic nitrogens is 4. The Morgan fingerprint density at radius 2 is 2.08 bits per heavy atom. The van der Waals surface area contributed by atoms with Gasteiger partial charge in [0.2, 0.25) is 5.91 Å². The maximum atomic E-state index is 11.7. The van der Waals surface area contributed by atoms with Gasteiger partial charge >= 0.3 is 0 Å². The number of rotatable bonds is 3. The van der Waals surface area contributed by atoms with Gasteiger partial charge in [-0.15, -0.1) is 0 Å². The van der Waals surface area contributed by atoms with Crippen molar-refractivity contribution in [2.75, 3.05) is 5.73 Å². The molecule has 0 bridgehead atoms. The second-order valence-electron chi connectivity index (χ2n) is 6.75. The molecule has 2 aromatic rings. The van der Waals surface area contributed by atoms with Crippen molar-refractivity contribution in [2.45, 2.75) is 55.9 Å². The highest BCUT2D eigenvalue weighted by Gasteiger charge is 2.45. The number of imidazole rings is 1.